The molecule has 1 rings (SSSR count). The molecule has 1 heterocycles. The van der Waals surface area contributed by atoms with Crippen molar-refractivity contribution >= 4 is 11.9 Å². The van der Waals surface area contributed by atoms with E-state index in [1.165, 1.54) is 0 Å². The summed E-state index contributed by atoms with van der Waals surface area (Å²) in [6, 6.07) is 1.66. The van der Waals surface area contributed by atoms with Gasteiger partial charge in [0.2, 0.25) is 0 Å². The predicted molar refractivity (Wildman–Crippen MR) is 70.9 cm³/mol. The van der Waals surface area contributed by atoms with Crippen molar-refractivity contribution in [3.8, 4) is 0 Å². The molecular formula is C13H21N3O3. The Hall–Kier alpha value is -1.85. The van der Waals surface area contributed by atoms with Gasteiger partial charge in [-0.15, -0.1) is 0 Å². The van der Waals surface area contributed by atoms with Crippen LogP contribution in [0.1, 0.15) is 42.9 Å². The largest absolute Gasteiger partial charge is 0.481 e. The third-order valence-electron chi connectivity index (χ3n) is 2.76. The van der Waals surface area contributed by atoms with Crippen molar-refractivity contribution < 1.29 is 14.7 Å². The number of aryl methyl sites for hydroxylation is 1. The lowest BCUT2D eigenvalue weighted by molar-refractivity contribution is -0.138. The summed E-state index contributed by atoms with van der Waals surface area (Å²) >= 11 is 0. The third kappa shape index (κ3) is 5.54. The van der Waals surface area contributed by atoms with Crippen molar-refractivity contribution in [2.45, 2.75) is 33.6 Å². The van der Waals surface area contributed by atoms with E-state index >= 15 is 0 Å². The Morgan fingerprint density at radius 1 is 1.47 bits per heavy atom. The number of carboxylic acid groups (broad SMARTS) is 1. The molecular weight excluding hydrogens is 246 g/mol. The van der Waals surface area contributed by atoms with E-state index in [1.54, 1.807) is 6.07 Å². The van der Waals surface area contributed by atoms with Crippen LogP contribution < -0.4 is 5.32 Å². The first-order valence-corrected chi connectivity index (χ1v) is 6.40. The molecule has 1 aromatic rings. The van der Waals surface area contributed by atoms with Crippen LogP contribution in [-0.2, 0) is 4.79 Å². The summed E-state index contributed by atoms with van der Waals surface area (Å²) in [5.41, 5.74) is 1.14. The van der Waals surface area contributed by atoms with Gasteiger partial charge in [-0.3, -0.25) is 14.7 Å². The number of hydrogen-bond donors (Lipinski definition) is 3. The molecule has 1 amide bonds. The Bertz CT molecular complexity index is 440. The van der Waals surface area contributed by atoms with Crippen LogP contribution in [0.25, 0.3) is 0 Å². The van der Waals surface area contributed by atoms with E-state index in [0.717, 1.165) is 12.1 Å². The maximum Gasteiger partial charge on any atom is 0.303 e. The Morgan fingerprint density at radius 3 is 2.63 bits per heavy atom. The number of aromatic amines is 1. The first-order valence-electron chi connectivity index (χ1n) is 6.40. The lowest BCUT2D eigenvalue weighted by Crippen LogP contribution is -2.31. The maximum atomic E-state index is 11.8. The van der Waals surface area contributed by atoms with Gasteiger partial charge in [0.25, 0.3) is 5.91 Å². The number of nitrogens with zero attached hydrogens (tertiary/aromatic N) is 1. The number of carboxylic acids is 1. The minimum absolute atomic E-state index is 0.0542. The van der Waals surface area contributed by atoms with Crippen molar-refractivity contribution in [3.05, 3.63) is 17.5 Å². The molecule has 6 nitrogen and oxygen atoms in total. The van der Waals surface area contributed by atoms with Crippen LogP contribution >= 0.6 is 0 Å². The van der Waals surface area contributed by atoms with E-state index in [0.29, 0.717) is 18.2 Å². The van der Waals surface area contributed by atoms with E-state index in [-0.39, 0.29) is 18.2 Å². The molecule has 0 spiro atoms. The van der Waals surface area contributed by atoms with Crippen molar-refractivity contribution in [1.29, 1.82) is 0 Å². The minimum atomic E-state index is -0.837. The summed E-state index contributed by atoms with van der Waals surface area (Å²) in [5, 5.41) is 18.1. The van der Waals surface area contributed by atoms with Gasteiger partial charge in [0, 0.05) is 18.7 Å². The second kappa shape index (κ2) is 6.92. The molecule has 6 heteroatoms. The number of aromatic nitrogens is 2. The van der Waals surface area contributed by atoms with Crippen molar-refractivity contribution in [1.82, 2.24) is 15.5 Å². The summed E-state index contributed by atoms with van der Waals surface area (Å²) in [7, 11) is 0. The zero-order valence-corrected chi connectivity index (χ0v) is 11.6. The highest BCUT2D eigenvalue weighted by Gasteiger charge is 2.17. The van der Waals surface area contributed by atoms with E-state index in [9.17, 15) is 9.59 Å². The lowest BCUT2D eigenvalue weighted by Gasteiger charge is -2.17. The topological polar surface area (TPSA) is 95.1 Å². The predicted octanol–water partition coefficient (Wildman–Crippen LogP) is 1.58. The van der Waals surface area contributed by atoms with Crippen LogP contribution in [0, 0.1) is 18.8 Å². The molecule has 0 aliphatic carbocycles. The average Bonchev–Trinajstić information content (AvgIpc) is 2.71. The van der Waals surface area contributed by atoms with Crippen molar-refractivity contribution in [2.24, 2.45) is 11.8 Å². The molecule has 0 aliphatic heterocycles. The normalized spacial score (nSPS) is 12.4. The fourth-order valence-corrected chi connectivity index (χ4v) is 2.01. The van der Waals surface area contributed by atoms with Gasteiger partial charge in [0.05, 0.1) is 0 Å². The molecule has 3 N–H and O–H groups in total. The minimum Gasteiger partial charge on any atom is -0.481 e. The summed E-state index contributed by atoms with van der Waals surface area (Å²) in [6.07, 6.45) is 0.838. The molecule has 0 fully saturated rings. The number of carbonyl (C=O) groups is 2. The second-order valence-corrected chi connectivity index (χ2v) is 5.24. The molecule has 0 radical (unpaired) electrons. The highest BCUT2D eigenvalue weighted by atomic mass is 16.4. The number of amides is 1. The van der Waals surface area contributed by atoms with E-state index in [1.807, 2.05) is 20.8 Å². The fraction of sp³-hybridized carbons (Fsp3) is 0.615. The van der Waals surface area contributed by atoms with E-state index in [2.05, 4.69) is 15.5 Å². The van der Waals surface area contributed by atoms with Gasteiger partial charge in [0.15, 0.2) is 0 Å². The zero-order chi connectivity index (χ0) is 14.4. The molecule has 1 atom stereocenters. The first-order chi connectivity index (χ1) is 8.88. The van der Waals surface area contributed by atoms with E-state index in [4.69, 9.17) is 5.11 Å². The van der Waals surface area contributed by atoms with Crippen LogP contribution in [0.3, 0.4) is 0 Å². The molecule has 1 aromatic heterocycles. The molecule has 0 bridgehead atoms. The van der Waals surface area contributed by atoms with Crippen LogP contribution in [0.2, 0.25) is 0 Å². The van der Waals surface area contributed by atoms with Crippen LogP contribution in [0.15, 0.2) is 6.07 Å². The standard InChI is InChI=1S/C13H21N3O3/c1-8(2)4-10(6-12(17)18)7-14-13(19)11-5-9(3)15-16-11/h5,8,10H,4,6-7H2,1-3H3,(H,14,19)(H,15,16)(H,17,18)/t10-/m0/s1. The molecule has 0 saturated heterocycles. The van der Waals surface area contributed by atoms with Crippen LogP contribution in [0.5, 0.6) is 0 Å². The molecule has 0 aliphatic rings. The van der Waals surface area contributed by atoms with Gasteiger partial charge in [0.1, 0.15) is 5.69 Å². The van der Waals surface area contributed by atoms with Gasteiger partial charge in [-0.05, 0) is 31.2 Å². The first kappa shape index (κ1) is 15.2. The van der Waals surface area contributed by atoms with Gasteiger partial charge in [-0.1, -0.05) is 13.8 Å². The summed E-state index contributed by atoms with van der Waals surface area (Å²) < 4.78 is 0. The SMILES string of the molecule is Cc1cc(C(=O)NC[C@H](CC(=O)O)CC(C)C)n[nH]1. The highest BCUT2D eigenvalue weighted by molar-refractivity contribution is 5.92. The van der Waals surface area contributed by atoms with Crippen molar-refractivity contribution in [2.75, 3.05) is 6.54 Å². The smallest absolute Gasteiger partial charge is 0.303 e. The number of rotatable bonds is 7. The molecule has 0 saturated carbocycles. The van der Waals surface area contributed by atoms with Gasteiger partial charge in [-0.25, -0.2) is 0 Å². The summed E-state index contributed by atoms with van der Waals surface area (Å²) in [4.78, 5) is 22.6. The van der Waals surface area contributed by atoms with Gasteiger partial charge in [-0.2, -0.15) is 5.10 Å². The van der Waals surface area contributed by atoms with Gasteiger partial charge >= 0.3 is 5.97 Å². The Labute approximate surface area is 112 Å². The quantitative estimate of drug-likeness (QED) is 0.699. The maximum absolute atomic E-state index is 11.8. The lowest BCUT2D eigenvalue weighted by atomic mass is 9.94. The Morgan fingerprint density at radius 2 is 2.16 bits per heavy atom. The monoisotopic (exact) mass is 267 g/mol. The van der Waals surface area contributed by atoms with Crippen molar-refractivity contribution in [3.63, 3.8) is 0 Å². The molecule has 19 heavy (non-hydrogen) atoms. The number of H-pyrrole nitrogens is 1. The number of nitrogens with one attached hydrogen (secondary N) is 2. The fourth-order valence-electron chi connectivity index (χ4n) is 2.01. The summed E-state index contributed by atoms with van der Waals surface area (Å²) in [5.74, 6) is -0.769. The number of hydrogen-bond acceptors (Lipinski definition) is 3. The molecule has 0 aromatic carbocycles. The number of aliphatic carboxylic acids is 1. The average molecular weight is 267 g/mol. The second-order valence-electron chi connectivity index (χ2n) is 5.24. The van der Waals surface area contributed by atoms with Crippen LogP contribution in [-0.4, -0.2) is 33.7 Å². The molecule has 106 valence electrons. The number of carbonyl (C=O) groups excluding carboxylic acids is 1. The van der Waals surface area contributed by atoms with Crippen LogP contribution in [0.4, 0.5) is 0 Å². The van der Waals surface area contributed by atoms with E-state index < -0.39 is 5.97 Å². The Kier molecular flexibility index (Phi) is 5.54. The summed E-state index contributed by atoms with van der Waals surface area (Å²) in [6.45, 7) is 6.24. The van der Waals surface area contributed by atoms with Gasteiger partial charge < -0.3 is 10.4 Å². The highest BCUT2D eigenvalue weighted by Crippen LogP contribution is 2.14. The molecule has 0 unspecified atom stereocenters. The third-order valence-corrected chi connectivity index (χ3v) is 2.76. The zero-order valence-electron chi connectivity index (χ0n) is 11.6. The Balaban J connectivity index is 2.50.